The lowest BCUT2D eigenvalue weighted by Gasteiger charge is -2.41. The summed E-state index contributed by atoms with van der Waals surface area (Å²) in [6.45, 7) is 3.35. The molecule has 2 N–H and O–H groups in total. The molecule has 2 saturated heterocycles. The van der Waals surface area contributed by atoms with Gasteiger partial charge in [-0.3, -0.25) is 38.7 Å². The zero-order valence-corrected chi connectivity index (χ0v) is 28.4. The number of hydrogen-bond acceptors (Lipinski definition) is 11. The largest absolute Gasteiger partial charge is 0.490 e. The number of piperidine rings is 1. The highest BCUT2D eigenvalue weighted by Gasteiger charge is 2.49. The molecule has 1 aromatic heterocycles. The van der Waals surface area contributed by atoms with Crippen LogP contribution in [0.25, 0.3) is 0 Å². The lowest BCUT2D eigenvalue weighted by Crippen LogP contribution is -2.59. The monoisotopic (exact) mass is 710 g/mol. The summed E-state index contributed by atoms with van der Waals surface area (Å²) in [5, 5.41) is 17.4. The van der Waals surface area contributed by atoms with Gasteiger partial charge in [0.2, 0.25) is 5.91 Å². The van der Waals surface area contributed by atoms with Gasteiger partial charge in [0.05, 0.1) is 27.8 Å². The van der Waals surface area contributed by atoms with Gasteiger partial charge in [0.25, 0.3) is 23.6 Å². The Kier molecular flexibility index (Phi) is 9.41. The van der Waals surface area contributed by atoms with Crippen LogP contribution in [0, 0.1) is 11.3 Å². The number of imide groups is 2. The second-order valence-electron chi connectivity index (χ2n) is 13.2. The van der Waals surface area contributed by atoms with Crippen molar-refractivity contribution in [1.29, 1.82) is 5.26 Å². The van der Waals surface area contributed by atoms with E-state index in [0.29, 0.717) is 80.6 Å². The van der Waals surface area contributed by atoms with E-state index in [2.05, 4.69) is 20.0 Å². The Morgan fingerprint density at radius 2 is 1.63 bits per heavy atom. The minimum absolute atomic E-state index is 0.0576. The van der Waals surface area contributed by atoms with Crippen molar-refractivity contribution in [3.63, 3.8) is 0 Å². The second kappa shape index (κ2) is 14.1. The first-order valence-corrected chi connectivity index (χ1v) is 17.3. The standard InChI is InChI=1S/C36H35ClN8O6/c37-28-18-25(5-2-22(28)19-38)51-24-6-3-23(4-7-24)44-32(46)12-10-30(36(44)50)45-34(48)26-8-1-21(17-27(26)35(45)49)20-42-13-15-43(16-14-42)31-11-9-29(33(39)47)40-41-31/h1-2,5,8-9,11,17-18,23-24,30H,3-4,6-7,10,12-16,20H2,(H2,39,47). The number of amides is 5. The quantitative estimate of drug-likeness (QED) is 0.339. The van der Waals surface area contributed by atoms with Crippen molar-refractivity contribution < 1.29 is 28.7 Å². The highest BCUT2D eigenvalue weighted by molar-refractivity contribution is 6.31. The summed E-state index contributed by atoms with van der Waals surface area (Å²) < 4.78 is 6.08. The van der Waals surface area contributed by atoms with Gasteiger partial charge >= 0.3 is 0 Å². The number of halogens is 1. The maximum atomic E-state index is 13.9. The number of carbonyl (C=O) groups excluding carboxylic acids is 5. The Morgan fingerprint density at radius 3 is 2.29 bits per heavy atom. The zero-order valence-electron chi connectivity index (χ0n) is 27.7. The third-order valence-electron chi connectivity index (χ3n) is 10.1. The van der Waals surface area contributed by atoms with Crippen LogP contribution in [0.4, 0.5) is 5.82 Å². The molecule has 3 aromatic rings. The van der Waals surface area contributed by atoms with Crippen LogP contribution in [0.3, 0.4) is 0 Å². The van der Waals surface area contributed by atoms with Gasteiger partial charge in [-0.25, -0.2) is 0 Å². The molecule has 3 fully saturated rings. The summed E-state index contributed by atoms with van der Waals surface area (Å²) in [5.41, 5.74) is 7.11. The van der Waals surface area contributed by atoms with Gasteiger partial charge in [-0.2, -0.15) is 5.26 Å². The average molecular weight is 711 g/mol. The van der Waals surface area contributed by atoms with Gasteiger partial charge in [0.15, 0.2) is 11.5 Å². The van der Waals surface area contributed by atoms with Crippen molar-refractivity contribution in [3.8, 4) is 11.8 Å². The highest BCUT2D eigenvalue weighted by Crippen LogP contribution is 2.34. The number of ether oxygens (including phenoxy) is 1. The van der Waals surface area contributed by atoms with E-state index in [0.717, 1.165) is 10.5 Å². The summed E-state index contributed by atoms with van der Waals surface area (Å²) >= 11 is 6.15. The molecule has 14 nitrogen and oxygen atoms in total. The molecule has 0 bridgehead atoms. The first kappa shape index (κ1) is 34.1. The van der Waals surface area contributed by atoms with E-state index in [1.807, 2.05) is 12.1 Å². The van der Waals surface area contributed by atoms with Gasteiger partial charge in [0, 0.05) is 51.3 Å². The Balaban J connectivity index is 0.962. The topological polar surface area (TPSA) is 183 Å². The number of hydrogen-bond donors (Lipinski definition) is 1. The predicted molar refractivity (Wildman–Crippen MR) is 183 cm³/mol. The molecule has 1 saturated carbocycles. The molecule has 0 radical (unpaired) electrons. The fraction of sp³-hybridized carbons (Fsp3) is 0.389. The van der Waals surface area contributed by atoms with E-state index in [4.69, 9.17) is 27.3 Å². The molecule has 1 unspecified atom stereocenters. The van der Waals surface area contributed by atoms with Crippen molar-refractivity contribution in [1.82, 2.24) is 24.9 Å². The molecule has 4 heterocycles. The van der Waals surface area contributed by atoms with Crippen LogP contribution in [0.2, 0.25) is 5.02 Å². The van der Waals surface area contributed by atoms with Crippen LogP contribution in [0.1, 0.15) is 80.9 Å². The van der Waals surface area contributed by atoms with E-state index in [9.17, 15) is 24.0 Å². The number of nitrogens with two attached hydrogens (primary N) is 1. The molecule has 51 heavy (non-hydrogen) atoms. The number of nitriles is 1. The molecule has 15 heteroatoms. The summed E-state index contributed by atoms with van der Waals surface area (Å²) in [7, 11) is 0. The third kappa shape index (κ3) is 6.74. The van der Waals surface area contributed by atoms with Gasteiger partial charge in [-0.1, -0.05) is 17.7 Å². The van der Waals surface area contributed by atoms with Crippen molar-refractivity contribution in [2.75, 3.05) is 31.1 Å². The summed E-state index contributed by atoms with van der Waals surface area (Å²) in [5.74, 6) is -1.29. The van der Waals surface area contributed by atoms with Crippen LogP contribution in [0.15, 0.2) is 48.5 Å². The van der Waals surface area contributed by atoms with Crippen LogP contribution in [0.5, 0.6) is 5.75 Å². The van der Waals surface area contributed by atoms with Crippen molar-refractivity contribution in [2.24, 2.45) is 5.73 Å². The Bertz CT molecular complexity index is 1950. The number of anilines is 1. The molecule has 3 aliphatic heterocycles. The van der Waals surface area contributed by atoms with Gasteiger partial charge in [-0.05, 0) is 74.1 Å². The Hall–Kier alpha value is -5.39. The average Bonchev–Trinajstić information content (AvgIpc) is 3.37. The summed E-state index contributed by atoms with van der Waals surface area (Å²) in [4.78, 5) is 72.2. The molecule has 1 atom stereocenters. The first-order chi connectivity index (χ1) is 24.6. The van der Waals surface area contributed by atoms with Gasteiger partial charge < -0.3 is 15.4 Å². The summed E-state index contributed by atoms with van der Waals surface area (Å²) in [6, 6.07) is 14.0. The maximum Gasteiger partial charge on any atom is 0.269 e. The summed E-state index contributed by atoms with van der Waals surface area (Å²) in [6.07, 6.45) is 2.22. The molecule has 1 aliphatic carbocycles. The van der Waals surface area contributed by atoms with E-state index < -0.39 is 29.7 Å². The molecular formula is C36H35ClN8O6. The van der Waals surface area contributed by atoms with Gasteiger partial charge in [-0.15, -0.1) is 10.2 Å². The number of carbonyl (C=O) groups is 5. The number of nitrogens with zero attached hydrogens (tertiary/aromatic N) is 7. The van der Waals surface area contributed by atoms with Crippen LogP contribution in [-0.2, 0) is 16.1 Å². The molecule has 0 spiro atoms. The van der Waals surface area contributed by atoms with Gasteiger partial charge in [0.1, 0.15) is 17.9 Å². The highest BCUT2D eigenvalue weighted by atomic mass is 35.5. The molecule has 7 rings (SSSR count). The molecule has 2 aromatic carbocycles. The van der Waals surface area contributed by atoms with E-state index in [1.54, 1.807) is 42.5 Å². The van der Waals surface area contributed by atoms with Crippen molar-refractivity contribution in [3.05, 3.63) is 81.5 Å². The SMILES string of the molecule is N#Cc1ccc(OC2CCC(N3C(=O)CCC(N4C(=O)c5ccc(CN6CCN(c7ccc(C(N)=O)nn7)CC6)cc5C4=O)C3=O)CC2)cc1Cl. The Morgan fingerprint density at radius 1 is 0.882 bits per heavy atom. The lowest BCUT2D eigenvalue weighted by atomic mass is 9.89. The molecule has 5 amide bonds. The van der Waals surface area contributed by atoms with E-state index in [-0.39, 0.29) is 47.7 Å². The normalized spacial score (nSPS) is 22.6. The minimum Gasteiger partial charge on any atom is -0.490 e. The molecule has 4 aliphatic rings. The number of likely N-dealkylation sites (tertiary alicyclic amines) is 1. The van der Waals surface area contributed by atoms with Crippen molar-refractivity contribution in [2.45, 2.75) is 63.3 Å². The van der Waals surface area contributed by atoms with Crippen molar-refractivity contribution >= 4 is 47.0 Å². The number of rotatable bonds is 8. The van der Waals surface area contributed by atoms with Crippen LogP contribution < -0.4 is 15.4 Å². The predicted octanol–water partition coefficient (Wildman–Crippen LogP) is 2.93. The first-order valence-electron chi connectivity index (χ1n) is 16.9. The molecular weight excluding hydrogens is 676 g/mol. The zero-order chi connectivity index (χ0) is 35.8. The Labute approximate surface area is 298 Å². The third-order valence-corrected chi connectivity index (χ3v) is 10.4. The fourth-order valence-electron chi connectivity index (χ4n) is 7.39. The number of aromatic nitrogens is 2. The smallest absolute Gasteiger partial charge is 0.269 e. The number of fused-ring (bicyclic) bond motifs is 1. The second-order valence-corrected chi connectivity index (χ2v) is 13.6. The number of piperazine rings is 1. The number of primary amides is 1. The lowest BCUT2D eigenvalue weighted by molar-refractivity contribution is -0.155. The fourth-order valence-corrected chi connectivity index (χ4v) is 7.60. The maximum absolute atomic E-state index is 13.9. The van der Waals surface area contributed by atoms with E-state index >= 15 is 0 Å². The molecule has 262 valence electrons. The minimum atomic E-state index is -1.05. The van der Waals surface area contributed by atoms with E-state index in [1.165, 1.54) is 4.90 Å². The number of benzene rings is 2. The van der Waals surface area contributed by atoms with Crippen LogP contribution >= 0.6 is 11.6 Å². The van der Waals surface area contributed by atoms with Crippen LogP contribution in [-0.4, -0.2) is 98.8 Å².